The molecule has 0 aliphatic rings. The van der Waals surface area contributed by atoms with E-state index in [9.17, 15) is 4.79 Å². The molecule has 0 bridgehead atoms. The minimum absolute atomic E-state index is 0.158. The number of aliphatic hydroxyl groups is 1. The predicted molar refractivity (Wildman–Crippen MR) is 63.9 cm³/mol. The van der Waals surface area contributed by atoms with Gasteiger partial charge in [0.2, 0.25) is 0 Å². The van der Waals surface area contributed by atoms with Crippen molar-refractivity contribution >= 4 is 18.5 Å². The minimum Gasteiger partial charge on any atom is -0.394 e. The molecule has 0 aliphatic carbocycles. The molecule has 1 atom stereocenters. The SMILES string of the molecule is COCC(CO)NC(=O)c1ccccc1S. The van der Waals surface area contributed by atoms with Crippen molar-refractivity contribution in [3.05, 3.63) is 29.8 Å². The number of carbonyl (C=O) groups is 1. The molecular formula is C11H15NO3S. The molecule has 16 heavy (non-hydrogen) atoms. The first-order chi connectivity index (χ1) is 7.69. The van der Waals surface area contributed by atoms with Gasteiger partial charge < -0.3 is 15.2 Å². The van der Waals surface area contributed by atoms with E-state index in [1.54, 1.807) is 24.3 Å². The summed E-state index contributed by atoms with van der Waals surface area (Å²) in [6, 6.07) is 6.59. The summed E-state index contributed by atoms with van der Waals surface area (Å²) in [5.74, 6) is -0.262. The van der Waals surface area contributed by atoms with Gasteiger partial charge in [-0.2, -0.15) is 0 Å². The molecule has 88 valence electrons. The largest absolute Gasteiger partial charge is 0.394 e. The third-order valence-electron chi connectivity index (χ3n) is 2.07. The molecular weight excluding hydrogens is 226 g/mol. The van der Waals surface area contributed by atoms with Crippen LogP contribution in [0.15, 0.2) is 29.2 Å². The highest BCUT2D eigenvalue weighted by Gasteiger charge is 2.14. The molecule has 0 saturated heterocycles. The van der Waals surface area contributed by atoms with Crippen LogP contribution >= 0.6 is 12.6 Å². The van der Waals surface area contributed by atoms with E-state index in [2.05, 4.69) is 17.9 Å². The molecule has 0 radical (unpaired) electrons. The summed E-state index contributed by atoms with van der Waals surface area (Å²) in [6.07, 6.45) is 0. The Hall–Kier alpha value is -1.04. The second-order valence-corrected chi connectivity index (χ2v) is 3.81. The van der Waals surface area contributed by atoms with E-state index in [1.807, 2.05) is 0 Å². The van der Waals surface area contributed by atoms with E-state index in [0.717, 1.165) is 0 Å². The second kappa shape index (κ2) is 6.52. The van der Waals surface area contributed by atoms with Crippen molar-refractivity contribution in [3.8, 4) is 0 Å². The average Bonchev–Trinajstić information content (AvgIpc) is 2.28. The Morgan fingerprint density at radius 1 is 1.56 bits per heavy atom. The number of aliphatic hydroxyl groups excluding tert-OH is 1. The first-order valence-electron chi connectivity index (χ1n) is 4.87. The van der Waals surface area contributed by atoms with Crippen molar-refractivity contribution in [2.24, 2.45) is 0 Å². The van der Waals surface area contributed by atoms with Crippen molar-refractivity contribution < 1.29 is 14.6 Å². The van der Waals surface area contributed by atoms with Gasteiger partial charge in [-0.25, -0.2) is 0 Å². The van der Waals surface area contributed by atoms with Crippen LogP contribution in [0.4, 0.5) is 0 Å². The number of hydrogen-bond donors (Lipinski definition) is 3. The Morgan fingerprint density at radius 3 is 2.81 bits per heavy atom. The number of rotatable bonds is 5. The van der Waals surface area contributed by atoms with Crippen LogP contribution in [-0.2, 0) is 4.74 Å². The zero-order valence-corrected chi connectivity index (χ0v) is 9.91. The number of carbonyl (C=O) groups excluding carboxylic acids is 1. The Morgan fingerprint density at radius 2 is 2.25 bits per heavy atom. The fourth-order valence-corrected chi connectivity index (χ4v) is 1.53. The lowest BCUT2D eigenvalue weighted by Gasteiger charge is -2.15. The summed E-state index contributed by atoms with van der Waals surface area (Å²) in [7, 11) is 1.52. The fraction of sp³-hybridized carbons (Fsp3) is 0.364. The molecule has 1 aromatic rings. The van der Waals surface area contributed by atoms with Gasteiger partial charge in [-0.15, -0.1) is 12.6 Å². The van der Waals surface area contributed by atoms with Crippen molar-refractivity contribution in [1.82, 2.24) is 5.32 Å². The summed E-state index contributed by atoms with van der Waals surface area (Å²) in [5, 5.41) is 11.7. The quantitative estimate of drug-likeness (QED) is 0.666. The lowest BCUT2D eigenvalue weighted by Crippen LogP contribution is -2.40. The highest BCUT2D eigenvalue weighted by molar-refractivity contribution is 7.80. The molecule has 1 aromatic carbocycles. The number of methoxy groups -OCH3 is 1. The van der Waals surface area contributed by atoms with Crippen molar-refractivity contribution in [2.75, 3.05) is 20.3 Å². The van der Waals surface area contributed by atoms with Crippen molar-refractivity contribution in [2.45, 2.75) is 10.9 Å². The van der Waals surface area contributed by atoms with E-state index < -0.39 is 6.04 Å². The zero-order valence-electron chi connectivity index (χ0n) is 9.01. The summed E-state index contributed by atoms with van der Waals surface area (Å²) in [5.41, 5.74) is 0.486. The summed E-state index contributed by atoms with van der Waals surface area (Å²) >= 11 is 4.19. The Labute approximate surface area is 100 Å². The van der Waals surface area contributed by atoms with E-state index in [-0.39, 0.29) is 19.1 Å². The number of benzene rings is 1. The summed E-state index contributed by atoms with van der Waals surface area (Å²) in [6.45, 7) is 0.116. The van der Waals surface area contributed by atoms with Gasteiger partial charge in [-0.05, 0) is 12.1 Å². The number of thiol groups is 1. The summed E-state index contributed by atoms with van der Waals surface area (Å²) in [4.78, 5) is 12.4. The predicted octanol–water partition coefficient (Wildman–Crippen LogP) is 0.712. The number of amides is 1. The molecule has 2 N–H and O–H groups in total. The van der Waals surface area contributed by atoms with Gasteiger partial charge >= 0.3 is 0 Å². The minimum atomic E-state index is -0.398. The van der Waals surface area contributed by atoms with E-state index in [1.165, 1.54) is 7.11 Å². The monoisotopic (exact) mass is 241 g/mol. The molecule has 0 heterocycles. The van der Waals surface area contributed by atoms with Gasteiger partial charge in [0.25, 0.3) is 5.91 Å². The first-order valence-corrected chi connectivity index (χ1v) is 5.32. The maximum absolute atomic E-state index is 11.8. The van der Waals surface area contributed by atoms with Gasteiger partial charge in [0, 0.05) is 12.0 Å². The molecule has 5 heteroatoms. The van der Waals surface area contributed by atoms with Crippen LogP contribution in [0.3, 0.4) is 0 Å². The highest BCUT2D eigenvalue weighted by Crippen LogP contribution is 2.12. The Balaban J connectivity index is 2.68. The first kappa shape index (κ1) is 13.0. The lowest BCUT2D eigenvalue weighted by molar-refractivity contribution is 0.0837. The standard InChI is InChI=1S/C11H15NO3S/c1-15-7-8(6-13)12-11(14)9-4-2-3-5-10(9)16/h2-5,8,13,16H,6-7H2,1H3,(H,12,14). The van der Waals surface area contributed by atoms with Crippen molar-refractivity contribution in [3.63, 3.8) is 0 Å². The molecule has 0 aliphatic heterocycles. The Bertz CT molecular complexity index is 357. The molecule has 0 fully saturated rings. The van der Waals surface area contributed by atoms with Crippen molar-refractivity contribution in [1.29, 1.82) is 0 Å². The molecule has 0 spiro atoms. The molecule has 1 unspecified atom stereocenters. The number of hydrogen-bond acceptors (Lipinski definition) is 4. The number of ether oxygens (including phenoxy) is 1. The maximum Gasteiger partial charge on any atom is 0.252 e. The van der Waals surface area contributed by atoms with Crippen LogP contribution in [0.1, 0.15) is 10.4 Å². The van der Waals surface area contributed by atoms with Crippen LogP contribution in [0, 0.1) is 0 Å². The molecule has 4 nitrogen and oxygen atoms in total. The van der Waals surface area contributed by atoms with Gasteiger partial charge in [0.1, 0.15) is 0 Å². The van der Waals surface area contributed by atoms with Crippen LogP contribution in [0.2, 0.25) is 0 Å². The molecule has 0 saturated carbocycles. The fourth-order valence-electron chi connectivity index (χ4n) is 1.27. The van der Waals surface area contributed by atoms with E-state index in [4.69, 9.17) is 9.84 Å². The second-order valence-electron chi connectivity index (χ2n) is 3.33. The molecule has 1 rings (SSSR count). The van der Waals surface area contributed by atoms with Gasteiger partial charge in [0.15, 0.2) is 0 Å². The van der Waals surface area contributed by atoms with Crippen LogP contribution in [0.5, 0.6) is 0 Å². The Kier molecular flexibility index (Phi) is 5.31. The lowest BCUT2D eigenvalue weighted by atomic mass is 10.2. The van der Waals surface area contributed by atoms with Crippen LogP contribution in [-0.4, -0.2) is 37.4 Å². The average molecular weight is 241 g/mol. The van der Waals surface area contributed by atoms with Gasteiger partial charge in [-0.1, -0.05) is 12.1 Å². The molecule has 1 amide bonds. The third-order valence-corrected chi connectivity index (χ3v) is 2.46. The zero-order chi connectivity index (χ0) is 12.0. The number of nitrogens with one attached hydrogen (secondary N) is 1. The van der Waals surface area contributed by atoms with Crippen LogP contribution in [0.25, 0.3) is 0 Å². The normalized spacial score (nSPS) is 12.2. The van der Waals surface area contributed by atoms with Gasteiger partial charge in [0.05, 0.1) is 24.8 Å². The van der Waals surface area contributed by atoms with Crippen LogP contribution < -0.4 is 5.32 Å². The summed E-state index contributed by atoms with van der Waals surface area (Å²) < 4.78 is 4.87. The maximum atomic E-state index is 11.8. The van der Waals surface area contributed by atoms with E-state index >= 15 is 0 Å². The van der Waals surface area contributed by atoms with E-state index in [0.29, 0.717) is 10.5 Å². The third kappa shape index (κ3) is 3.52. The molecule has 0 aromatic heterocycles. The topological polar surface area (TPSA) is 58.6 Å². The highest BCUT2D eigenvalue weighted by atomic mass is 32.1. The van der Waals surface area contributed by atoms with Gasteiger partial charge in [-0.3, -0.25) is 4.79 Å². The smallest absolute Gasteiger partial charge is 0.252 e.